The molecule has 0 aliphatic heterocycles. The molecule has 0 bridgehead atoms. The molecule has 1 aromatic carbocycles. The van der Waals surface area contributed by atoms with Crippen LogP contribution in [0.25, 0.3) is 0 Å². The third kappa shape index (κ3) is 3.17. The molecule has 2 atom stereocenters. The smallest absolute Gasteiger partial charge is 0.00813 e. The van der Waals surface area contributed by atoms with Crippen molar-refractivity contribution in [2.45, 2.75) is 62.3 Å². The van der Waals surface area contributed by atoms with E-state index in [0.717, 1.165) is 23.3 Å². The minimum Gasteiger partial charge on any atom is -0.311 e. The minimum atomic E-state index is 0.775. The molecule has 2 heteroatoms. The Morgan fingerprint density at radius 1 is 1.00 bits per heavy atom. The van der Waals surface area contributed by atoms with Crippen molar-refractivity contribution >= 4 is 11.8 Å². The van der Waals surface area contributed by atoms with Gasteiger partial charge in [-0.2, -0.15) is 11.8 Å². The first-order chi connectivity index (χ1) is 9.24. The van der Waals surface area contributed by atoms with Crippen molar-refractivity contribution in [3.05, 3.63) is 35.4 Å². The van der Waals surface area contributed by atoms with Crippen LogP contribution in [0.5, 0.6) is 0 Å². The second kappa shape index (κ2) is 5.88. The lowest BCUT2D eigenvalue weighted by Gasteiger charge is -2.38. The van der Waals surface area contributed by atoms with E-state index in [4.69, 9.17) is 0 Å². The second-order valence-electron chi connectivity index (χ2n) is 6.31. The summed E-state index contributed by atoms with van der Waals surface area (Å²) >= 11 is 2.05. The van der Waals surface area contributed by atoms with Crippen molar-refractivity contribution in [1.82, 2.24) is 5.32 Å². The van der Waals surface area contributed by atoms with Gasteiger partial charge in [0.2, 0.25) is 0 Å². The molecule has 1 N–H and O–H groups in total. The van der Waals surface area contributed by atoms with Gasteiger partial charge >= 0.3 is 0 Å². The van der Waals surface area contributed by atoms with E-state index in [1.54, 1.807) is 0 Å². The van der Waals surface area contributed by atoms with Crippen LogP contribution in [0.1, 0.15) is 49.1 Å². The number of hydrogen-bond acceptors (Lipinski definition) is 2. The molecule has 2 saturated carbocycles. The Morgan fingerprint density at radius 2 is 1.74 bits per heavy atom. The molecule has 0 saturated heterocycles. The van der Waals surface area contributed by atoms with E-state index < -0.39 is 0 Å². The van der Waals surface area contributed by atoms with E-state index in [0.29, 0.717) is 0 Å². The second-order valence-corrected chi connectivity index (χ2v) is 7.45. The molecule has 2 aliphatic rings. The summed E-state index contributed by atoms with van der Waals surface area (Å²) in [5.74, 6) is 0.802. The molecule has 2 unspecified atom stereocenters. The third-order valence-corrected chi connectivity index (χ3v) is 5.97. The summed E-state index contributed by atoms with van der Waals surface area (Å²) < 4.78 is 0. The van der Waals surface area contributed by atoms with Crippen LogP contribution < -0.4 is 5.32 Å². The molecular weight excluding hydrogens is 250 g/mol. The van der Waals surface area contributed by atoms with E-state index in [1.165, 1.54) is 43.2 Å². The van der Waals surface area contributed by atoms with Gasteiger partial charge in [0.1, 0.15) is 0 Å². The molecule has 0 spiro atoms. The highest BCUT2D eigenvalue weighted by atomic mass is 32.2. The van der Waals surface area contributed by atoms with Crippen molar-refractivity contribution in [2.75, 3.05) is 6.26 Å². The fourth-order valence-corrected chi connectivity index (χ4v) is 4.30. The average molecular weight is 275 g/mol. The van der Waals surface area contributed by atoms with Crippen LogP contribution in [0.2, 0.25) is 0 Å². The Labute approximate surface area is 121 Å². The first-order valence-electron chi connectivity index (χ1n) is 7.60. The van der Waals surface area contributed by atoms with Crippen LogP contribution in [-0.2, 0) is 0 Å². The van der Waals surface area contributed by atoms with Gasteiger partial charge in [-0.1, -0.05) is 29.8 Å². The molecular formula is C17H25NS. The maximum absolute atomic E-state index is 3.88. The van der Waals surface area contributed by atoms with Crippen molar-refractivity contribution in [3.63, 3.8) is 0 Å². The number of nitrogens with one attached hydrogen (secondary N) is 1. The predicted octanol–water partition coefficient (Wildman–Crippen LogP) is 4.11. The zero-order valence-electron chi connectivity index (χ0n) is 12.1. The molecule has 0 radical (unpaired) electrons. The van der Waals surface area contributed by atoms with Crippen molar-refractivity contribution < 1.29 is 0 Å². The SMILES string of the molecule is CSC1CCC(NC2CC(c3ccc(C)cc3)C2)C1. The van der Waals surface area contributed by atoms with Crippen molar-refractivity contribution in [2.24, 2.45) is 0 Å². The number of thioether (sulfide) groups is 1. The maximum Gasteiger partial charge on any atom is 0.00813 e. The Bertz CT molecular complexity index is 408. The lowest BCUT2D eigenvalue weighted by molar-refractivity contribution is 0.265. The van der Waals surface area contributed by atoms with E-state index in [-0.39, 0.29) is 0 Å². The van der Waals surface area contributed by atoms with Crippen LogP contribution in [0.3, 0.4) is 0 Å². The molecule has 2 aliphatic carbocycles. The minimum absolute atomic E-state index is 0.775. The van der Waals surface area contributed by atoms with Gasteiger partial charge in [0.25, 0.3) is 0 Å². The lowest BCUT2D eigenvalue weighted by Crippen LogP contribution is -2.44. The van der Waals surface area contributed by atoms with Crippen LogP contribution in [-0.4, -0.2) is 23.6 Å². The zero-order valence-corrected chi connectivity index (χ0v) is 12.9. The summed E-state index contributed by atoms with van der Waals surface area (Å²) in [4.78, 5) is 0. The Balaban J connectivity index is 1.44. The quantitative estimate of drug-likeness (QED) is 0.887. The highest BCUT2D eigenvalue weighted by Crippen LogP contribution is 2.38. The van der Waals surface area contributed by atoms with Gasteiger partial charge in [0.05, 0.1) is 0 Å². The molecule has 2 fully saturated rings. The summed E-state index contributed by atoms with van der Waals surface area (Å²) in [6.07, 6.45) is 9.10. The van der Waals surface area contributed by atoms with Gasteiger partial charge in [-0.15, -0.1) is 0 Å². The number of aryl methyl sites for hydroxylation is 1. The Kier molecular flexibility index (Phi) is 4.18. The van der Waals surface area contributed by atoms with Crippen LogP contribution in [0.15, 0.2) is 24.3 Å². The van der Waals surface area contributed by atoms with Crippen LogP contribution in [0, 0.1) is 6.92 Å². The summed E-state index contributed by atoms with van der Waals surface area (Å²) in [6, 6.07) is 10.7. The molecule has 0 amide bonds. The topological polar surface area (TPSA) is 12.0 Å². The van der Waals surface area contributed by atoms with Crippen LogP contribution >= 0.6 is 11.8 Å². The van der Waals surface area contributed by atoms with E-state index in [2.05, 4.69) is 42.8 Å². The fraction of sp³-hybridized carbons (Fsp3) is 0.647. The normalized spacial score (nSPS) is 34.2. The molecule has 0 aromatic heterocycles. The van der Waals surface area contributed by atoms with E-state index in [9.17, 15) is 0 Å². The average Bonchev–Trinajstić information content (AvgIpc) is 2.82. The first kappa shape index (κ1) is 13.5. The third-order valence-electron chi connectivity index (χ3n) is 4.88. The van der Waals surface area contributed by atoms with Gasteiger partial charge < -0.3 is 5.32 Å². The van der Waals surface area contributed by atoms with Gasteiger partial charge in [-0.05, 0) is 56.8 Å². The zero-order chi connectivity index (χ0) is 13.2. The van der Waals surface area contributed by atoms with Crippen LogP contribution in [0.4, 0.5) is 0 Å². The first-order valence-corrected chi connectivity index (χ1v) is 8.89. The molecule has 19 heavy (non-hydrogen) atoms. The highest BCUT2D eigenvalue weighted by Gasteiger charge is 2.33. The lowest BCUT2D eigenvalue weighted by atomic mass is 9.75. The van der Waals surface area contributed by atoms with E-state index in [1.807, 2.05) is 11.8 Å². The fourth-order valence-electron chi connectivity index (χ4n) is 3.50. The van der Waals surface area contributed by atoms with Gasteiger partial charge in [0, 0.05) is 17.3 Å². The van der Waals surface area contributed by atoms with Gasteiger partial charge in [-0.3, -0.25) is 0 Å². The standard InChI is InChI=1S/C17H25NS/c1-12-3-5-13(6-4-12)14-9-16(10-14)18-15-7-8-17(11-15)19-2/h3-6,14-18H,7-11H2,1-2H3. The largest absolute Gasteiger partial charge is 0.311 e. The molecule has 0 heterocycles. The molecule has 1 nitrogen and oxygen atoms in total. The highest BCUT2D eigenvalue weighted by molar-refractivity contribution is 7.99. The van der Waals surface area contributed by atoms with Crippen molar-refractivity contribution in [3.8, 4) is 0 Å². The van der Waals surface area contributed by atoms with Gasteiger partial charge in [-0.25, -0.2) is 0 Å². The van der Waals surface area contributed by atoms with Gasteiger partial charge in [0.15, 0.2) is 0 Å². The maximum atomic E-state index is 3.88. The van der Waals surface area contributed by atoms with E-state index >= 15 is 0 Å². The molecule has 3 rings (SSSR count). The summed E-state index contributed by atoms with van der Waals surface area (Å²) in [5, 5.41) is 4.79. The number of benzene rings is 1. The summed E-state index contributed by atoms with van der Waals surface area (Å²) in [6.45, 7) is 2.16. The Morgan fingerprint density at radius 3 is 2.37 bits per heavy atom. The molecule has 104 valence electrons. The summed E-state index contributed by atoms with van der Waals surface area (Å²) in [5.41, 5.74) is 2.91. The number of rotatable bonds is 4. The monoisotopic (exact) mass is 275 g/mol. The van der Waals surface area contributed by atoms with Crippen molar-refractivity contribution in [1.29, 1.82) is 0 Å². The number of hydrogen-bond donors (Lipinski definition) is 1. The molecule has 1 aromatic rings. The summed E-state index contributed by atoms with van der Waals surface area (Å²) in [7, 11) is 0. The predicted molar refractivity (Wildman–Crippen MR) is 85.0 cm³/mol. The Hall–Kier alpha value is -0.470.